The zero-order valence-electron chi connectivity index (χ0n) is 5.70. The first-order valence-electron chi connectivity index (χ1n) is 2.69. The molecule has 0 radical (unpaired) electrons. The van der Waals surface area contributed by atoms with Crippen molar-refractivity contribution in [1.29, 1.82) is 0 Å². The molecule has 3 heteroatoms. The summed E-state index contributed by atoms with van der Waals surface area (Å²) in [5.41, 5.74) is 1.08. The van der Waals surface area contributed by atoms with Crippen LogP contribution in [0.15, 0.2) is 18.2 Å². The number of rotatable bonds is 0. The fourth-order valence-corrected chi connectivity index (χ4v) is 0.612. The Kier molecular flexibility index (Phi) is 6.72. The van der Waals surface area contributed by atoms with Crippen molar-refractivity contribution in [3.63, 3.8) is 0 Å². The van der Waals surface area contributed by atoms with Gasteiger partial charge in [-0.05, 0) is 0 Å². The first-order valence-corrected chi connectivity index (χ1v) is 10.0. The molecule has 0 aliphatic heterocycles. The van der Waals surface area contributed by atoms with Crippen LogP contribution in [0.1, 0.15) is 5.56 Å². The summed E-state index contributed by atoms with van der Waals surface area (Å²) in [7, 11) is 0. The summed E-state index contributed by atoms with van der Waals surface area (Å²) in [4.78, 5) is 0. The van der Waals surface area contributed by atoms with E-state index in [0.717, 1.165) is 10.6 Å². The standard InChI is InChI=1S/C7H6Cl.BrH.Zn/c1-6-4-2-3-5-7(6)8;;/h3-5H,1H3;1H;/q-1;;+2/p-1. The minimum atomic E-state index is 0.809. The third-order valence-electron chi connectivity index (χ3n) is 1.00. The molecular weight excluding hydrogens is 265 g/mol. The Morgan fingerprint density at radius 2 is 2.20 bits per heavy atom. The molecule has 0 saturated carbocycles. The van der Waals surface area contributed by atoms with Gasteiger partial charge in [0.25, 0.3) is 0 Å². The van der Waals surface area contributed by atoms with E-state index in [9.17, 15) is 0 Å². The number of hydrogen-bond donors (Lipinski definition) is 0. The Morgan fingerprint density at radius 3 is 2.50 bits per heavy atom. The molecule has 0 spiro atoms. The van der Waals surface area contributed by atoms with E-state index in [1.54, 1.807) is 6.07 Å². The van der Waals surface area contributed by atoms with Crippen molar-refractivity contribution in [1.82, 2.24) is 0 Å². The second-order valence-electron chi connectivity index (χ2n) is 1.68. The third-order valence-corrected chi connectivity index (χ3v) is 1.43. The van der Waals surface area contributed by atoms with Crippen molar-refractivity contribution in [3.8, 4) is 0 Å². The van der Waals surface area contributed by atoms with Crippen LogP contribution in [0, 0.1) is 13.0 Å². The number of hydrogen-bond acceptors (Lipinski definition) is 0. The Bertz CT molecular complexity index is 170. The first-order chi connectivity index (χ1) is 4.80. The Labute approximate surface area is 83.0 Å². The van der Waals surface area contributed by atoms with Gasteiger partial charge in [0.15, 0.2) is 0 Å². The molecule has 0 unspecified atom stereocenters. The maximum atomic E-state index is 5.69. The molecule has 0 N–H and O–H groups in total. The van der Waals surface area contributed by atoms with Gasteiger partial charge in [0.05, 0.1) is 0 Å². The maximum absolute atomic E-state index is 5.69. The van der Waals surface area contributed by atoms with Gasteiger partial charge in [-0.2, -0.15) is 24.3 Å². The monoisotopic (exact) mass is 268 g/mol. The molecule has 1 aromatic rings. The molecule has 10 heavy (non-hydrogen) atoms. The van der Waals surface area contributed by atoms with Gasteiger partial charge < -0.3 is 0 Å². The molecule has 0 aliphatic carbocycles. The average Bonchev–Trinajstić information content (AvgIpc) is 2.00. The molecular formula is C7H6BrClZn. The van der Waals surface area contributed by atoms with E-state index in [1.807, 2.05) is 19.1 Å². The van der Waals surface area contributed by atoms with E-state index < -0.39 is 0 Å². The summed E-state index contributed by atoms with van der Waals surface area (Å²) in [5, 5.41) is 0.809. The molecule has 50 valence electrons. The topological polar surface area (TPSA) is 0 Å². The van der Waals surface area contributed by atoms with Crippen LogP contribution in [-0.2, 0) is 16.3 Å². The summed E-state index contributed by atoms with van der Waals surface area (Å²) < 4.78 is 0. The van der Waals surface area contributed by atoms with Crippen molar-refractivity contribution in [2.24, 2.45) is 0 Å². The minimum absolute atomic E-state index is 0.809. The van der Waals surface area contributed by atoms with Crippen molar-refractivity contribution in [2.45, 2.75) is 6.92 Å². The first kappa shape index (κ1) is 10.6. The predicted molar refractivity (Wildman–Crippen MR) is 44.0 cm³/mol. The van der Waals surface area contributed by atoms with Crippen molar-refractivity contribution >= 4 is 25.2 Å². The van der Waals surface area contributed by atoms with Gasteiger partial charge >= 0.3 is 30.0 Å². The van der Waals surface area contributed by atoms with Gasteiger partial charge in [0.1, 0.15) is 0 Å². The zero-order valence-corrected chi connectivity index (χ0v) is 11.0. The molecule has 1 rings (SSSR count). The predicted octanol–water partition coefficient (Wildman–Crippen LogP) is 3.29. The summed E-state index contributed by atoms with van der Waals surface area (Å²) in [6, 6.07) is 8.41. The summed E-state index contributed by atoms with van der Waals surface area (Å²) >= 11 is 9.94. The third kappa shape index (κ3) is 3.70. The van der Waals surface area contributed by atoms with Crippen LogP contribution in [0.3, 0.4) is 0 Å². The van der Waals surface area contributed by atoms with Crippen LogP contribution in [0.5, 0.6) is 0 Å². The van der Waals surface area contributed by atoms with Gasteiger partial charge in [0, 0.05) is 0 Å². The van der Waals surface area contributed by atoms with Gasteiger partial charge in [-0.3, -0.25) is 0 Å². The van der Waals surface area contributed by atoms with Crippen molar-refractivity contribution < 1.29 is 16.3 Å². The molecule has 0 atom stereocenters. The fraction of sp³-hybridized carbons (Fsp3) is 0.143. The molecule has 0 aliphatic rings. The van der Waals surface area contributed by atoms with E-state index in [0.29, 0.717) is 0 Å². The average molecular weight is 271 g/mol. The van der Waals surface area contributed by atoms with Crippen LogP contribution in [0.25, 0.3) is 0 Å². The zero-order chi connectivity index (χ0) is 7.98. The van der Waals surface area contributed by atoms with Gasteiger partial charge in [-0.25, -0.2) is 0 Å². The Hall–Kier alpha value is 0.613. The summed E-state index contributed by atoms with van der Waals surface area (Å²) in [6.45, 7) is 1.96. The molecule has 0 saturated heterocycles. The SMILES string of the molecule is Cc1c[c-]ccc1Cl.[Zn+][Br]. The van der Waals surface area contributed by atoms with Gasteiger partial charge in [0.2, 0.25) is 0 Å². The van der Waals surface area contributed by atoms with Crippen molar-refractivity contribution in [2.75, 3.05) is 0 Å². The van der Waals surface area contributed by atoms with Crippen LogP contribution in [0.4, 0.5) is 0 Å². The normalized spacial score (nSPS) is 8.10. The second kappa shape index (κ2) is 6.33. The summed E-state index contributed by atoms with van der Waals surface area (Å²) in [5.74, 6) is 0. The van der Waals surface area contributed by atoms with Gasteiger partial charge in [-0.15, -0.1) is 17.2 Å². The van der Waals surface area contributed by atoms with Crippen LogP contribution < -0.4 is 0 Å². The molecule has 0 aromatic heterocycles. The number of halogens is 2. The molecule has 0 amide bonds. The van der Waals surface area contributed by atoms with Crippen LogP contribution in [-0.4, -0.2) is 0 Å². The molecule has 0 bridgehead atoms. The molecule has 0 fully saturated rings. The molecule has 0 nitrogen and oxygen atoms in total. The van der Waals surface area contributed by atoms with E-state index >= 15 is 0 Å². The van der Waals surface area contributed by atoms with E-state index in [4.69, 9.17) is 11.6 Å². The Morgan fingerprint density at radius 1 is 1.60 bits per heavy atom. The quantitative estimate of drug-likeness (QED) is 0.501. The van der Waals surface area contributed by atoms with Gasteiger partial charge in [-0.1, -0.05) is 11.9 Å². The van der Waals surface area contributed by atoms with E-state index in [-0.39, 0.29) is 0 Å². The van der Waals surface area contributed by atoms with Crippen molar-refractivity contribution in [3.05, 3.63) is 34.9 Å². The van der Waals surface area contributed by atoms with Crippen LogP contribution >= 0.6 is 25.2 Å². The Balaban J connectivity index is 0.000000371. The fourth-order valence-electron chi connectivity index (χ4n) is 0.495. The second-order valence-corrected chi connectivity index (χ2v) is 2.08. The number of aryl methyl sites for hydroxylation is 1. The summed E-state index contributed by atoms with van der Waals surface area (Å²) in [6.07, 6.45) is 0. The molecule has 0 heterocycles. The molecule has 1 aromatic carbocycles. The van der Waals surface area contributed by atoms with E-state index in [1.165, 1.54) is 16.3 Å². The number of benzene rings is 1. The van der Waals surface area contributed by atoms with Crippen LogP contribution in [0.2, 0.25) is 5.02 Å². The van der Waals surface area contributed by atoms with E-state index in [2.05, 4.69) is 19.7 Å².